The second-order valence-electron chi connectivity index (χ2n) is 6.50. The van der Waals surface area contributed by atoms with Gasteiger partial charge in [0.15, 0.2) is 0 Å². The molecule has 2 nitrogen and oxygen atoms in total. The van der Waals surface area contributed by atoms with Crippen LogP contribution in [0, 0.1) is 5.92 Å². The fourth-order valence-corrected chi connectivity index (χ4v) is 3.54. The summed E-state index contributed by atoms with van der Waals surface area (Å²) in [6.45, 7) is 9.83. The van der Waals surface area contributed by atoms with Gasteiger partial charge >= 0.3 is 0 Å². The van der Waals surface area contributed by atoms with E-state index >= 15 is 0 Å². The molecule has 1 saturated heterocycles. The number of para-hydroxylation sites is 1. The van der Waals surface area contributed by atoms with Gasteiger partial charge in [-0.3, -0.25) is 0 Å². The number of anilines is 1. The Morgan fingerprint density at radius 1 is 1.29 bits per heavy atom. The van der Waals surface area contributed by atoms with Gasteiger partial charge in [-0.2, -0.15) is 0 Å². The van der Waals surface area contributed by atoms with Crippen molar-refractivity contribution in [1.82, 2.24) is 5.32 Å². The Kier molecular flexibility index (Phi) is 6.38. The highest BCUT2D eigenvalue weighted by molar-refractivity contribution is 6.33. The molecule has 0 bridgehead atoms. The summed E-state index contributed by atoms with van der Waals surface area (Å²) >= 11 is 6.51. The fraction of sp³-hybridized carbons (Fsp3) is 0.667. The molecule has 1 N–H and O–H groups in total. The average molecular weight is 309 g/mol. The van der Waals surface area contributed by atoms with Gasteiger partial charge < -0.3 is 10.2 Å². The minimum atomic E-state index is 0.493. The highest BCUT2D eigenvalue weighted by Gasteiger charge is 2.22. The van der Waals surface area contributed by atoms with Gasteiger partial charge in [0.25, 0.3) is 0 Å². The second kappa shape index (κ2) is 8.05. The quantitative estimate of drug-likeness (QED) is 0.807. The van der Waals surface area contributed by atoms with E-state index in [0.29, 0.717) is 6.04 Å². The lowest BCUT2D eigenvalue weighted by Gasteiger charge is -2.35. The molecule has 0 radical (unpaired) electrons. The Labute approximate surface area is 134 Å². The highest BCUT2D eigenvalue weighted by atomic mass is 35.5. The van der Waals surface area contributed by atoms with Gasteiger partial charge in [-0.15, -0.1) is 0 Å². The lowest BCUT2D eigenvalue weighted by molar-refractivity contribution is 0.378. The van der Waals surface area contributed by atoms with Crippen LogP contribution in [0.1, 0.15) is 52.0 Å². The van der Waals surface area contributed by atoms with Crippen LogP contribution >= 0.6 is 11.6 Å². The van der Waals surface area contributed by atoms with Crippen LogP contribution in [0.3, 0.4) is 0 Å². The molecule has 0 aromatic heterocycles. The highest BCUT2D eigenvalue weighted by Crippen LogP contribution is 2.34. The Morgan fingerprint density at radius 3 is 2.62 bits per heavy atom. The molecule has 1 aromatic carbocycles. The van der Waals surface area contributed by atoms with Crippen molar-refractivity contribution in [2.45, 2.75) is 59.0 Å². The predicted molar refractivity (Wildman–Crippen MR) is 93.3 cm³/mol. The number of nitrogens with zero attached hydrogens (tertiary/aromatic N) is 1. The molecule has 3 heteroatoms. The molecule has 0 spiro atoms. The summed E-state index contributed by atoms with van der Waals surface area (Å²) in [4.78, 5) is 2.49. The molecule has 1 aromatic rings. The number of halogens is 1. The summed E-state index contributed by atoms with van der Waals surface area (Å²) < 4.78 is 0. The van der Waals surface area contributed by atoms with Crippen molar-refractivity contribution in [2.75, 3.05) is 18.0 Å². The first-order chi connectivity index (χ1) is 10.1. The number of nitrogens with one attached hydrogen (secondary N) is 1. The Morgan fingerprint density at radius 2 is 2.00 bits per heavy atom. The molecule has 0 atom stereocenters. The van der Waals surface area contributed by atoms with Crippen LogP contribution in [0.2, 0.25) is 5.02 Å². The molecule has 0 amide bonds. The molecule has 1 fully saturated rings. The third-order valence-corrected chi connectivity index (χ3v) is 4.70. The van der Waals surface area contributed by atoms with Crippen molar-refractivity contribution in [2.24, 2.45) is 5.92 Å². The molecule has 1 aliphatic heterocycles. The normalized spacial score (nSPS) is 16.7. The first-order valence-electron chi connectivity index (χ1n) is 8.37. The van der Waals surface area contributed by atoms with Gasteiger partial charge in [0.1, 0.15) is 0 Å². The van der Waals surface area contributed by atoms with E-state index in [9.17, 15) is 0 Å². The molecule has 0 aliphatic carbocycles. The molecule has 118 valence electrons. The maximum atomic E-state index is 6.51. The van der Waals surface area contributed by atoms with Crippen molar-refractivity contribution in [1.29, 1.82) is 0 Å². The number of hydrogen-bond donors (Lipinski definition) is 1. The molecule has 1 aliphatic rings. The van der Waals surface area contributed by atoms with Gasteiger partial charge in [-0.1, -0.05) is 57.3 Å². The molecule has 21 heavy (non-hydrogen) atoms. The maximum absolute atomic E-state index is 6.51. The Balaban J connectivity index is 2.08. The second-order valence-corrected chi connectivity index (χ2v) is 6.91. The SMILES string of the molecule is CCCC1CCN(c2c(Cl)cccc2CNC(C)C)CC1. The van der Waals surface area contributed by atoms with E-state index in [4.69, 9.17) is 11.6 Å². The van der Waals surface area contributed by atoms with E-state index < -0.39 is 0 Å². The minimum Gasteiger partial charge on any atom is -0.370 e. The van der Waals surface area contributed by atoms with Crippen LogP contribution in [0.15, 0.2) is 18.2 Å². The average Bonchev–Trinajstić information content (AvgIpc) is 2.46. The maximum Gasteiger partial charge on any atom is 0.0642 e. The molecule has 2 rings (SSSR count). The molecule has 0 saturated carbocycles. The topological polar surface area (TPSA) is 15.3 Å². The van der Waals surface area contributed by atoms with Crippen molar-refractivity contribution >= 4 is 17.3 Å². The fourth-order valence-electron chi connectivity index (χ4n) is 3.22. The van der Waals surface area contributed by atoms with Crippen LogP contribution in [-0.2, 0) is 6.54 Å². The van der Waals surface area contributed by atoms with E-state index in [1.807, 2.05) is 6.07 Å². The van der Waals surface area contributed by atoms with E-state index in [0.717, 1.165) is 30.6 Å². The van der Waals surface area contributed by atoms with Crippen molar-refractivity contribution in [3.8, 4) is 0 Å². The van der Waals surface area contributed by atoms with Crippen LogP contribution < -0.4 is 10.2 Å². The summed E-state index contributed by atoms with van der Waals surface area (Å²) in [6, 6.07) is 6.78. The summed E-state index contributed by atoms with van der Waals surface area (Å²) in [5.41, 5.74) is 2.58. The molecule has 0 unspecified atom stereocenters. The van der Waals surface area contributed by atoms with E-state index in [1.54, 1.807) is 0 Å². The predicted octanol–water partition coefficient (Wildman–Crippen LogP) is 4.85. The minimum absolute atomic E-state index is 0.493. The summed E-state index contributed by atoms with van der Waals surface area (Å²) in [7, 11) is 0. The van der Waals surface area contributed by atoms with E-state index in [-0.39, 0.29) is 0 Å². The van der Waals surface area contributed by atoms with Gasteiger partial charge in [-0.25, -0.2) is 0 Å². The van der Waals surface area contributed by atoms with Gasteiger partial charge in [-0.05, 0) is 30.4 Å². The number of benzene rings is 1. The van der Waals surface area contributed by atoms with Crippen LogP contribution in [0.5, 0.6) is 0 Å². The van der Waals surface area contributed by atoms with Gasteiger partial charge in [0.05, 0.1) is 10.7 Å². The van der Waals surface area contributed by atoms with Crippen LogP contribution in [0.4, 0.5) is 5.69 Å². The Hall–Kier alpha value is -0.730. The lowest BCUT2D eigenvalue weighted by Crippen LogP contribution is -2.35. The summed E-state index contributed by atoms with van der Waals surface area (Å²) in [5.74, 6) is 0.908. The third-order valence-electron chi connectivity index (χ3n) is 4.40. The van der Waals surface area contributed by atoms with Gasteiger partial charge in [0.2, 0.25) is 0 Å². The molecule has 1 heterocycles. The van der Waals surface area contributed by atoms with Crippen molar-refractivity contribution < 1.29 is 0 Å². The first kappa shape index (κ1) is 16.6. The zero-order valence-electron chi connectivity index (χ0n) is 13.7. The largest absolute Gasteiger partial charge is 0.370 e. The standard InChI is InChI=1S/C18H29ClN2/c1-4-6-15-9-11-21(12-10-15)18-16(13-20-14(2)3)7-5-8-17(18)19/h5,7-8,14-15,20H,4,6,9-13H2,1-3H3. The van der Waals surface area contributed by atoms with Crippen LogP contribution in [0.25, 0.3) is 0 Å². The third kappa shape index (κ3) is 4.62. The first-order valence-corrected chi connectivity index (χ1v) is 8.75. The van der Waals surface area contributed by atoms with Crippen molar-refractivity contribution in [3.63, 3.8) is 0 Å². The molecular weight excluding hydrogens is 280 g/mol. The van der Waals surface area contributed by atoms with Crippen LogP contribution in [-0.4, -0.2) is 19.1 Å². The summed E-state index contributed by atoms with van der Waals surface area (Å²) in [6.07, 6.45) is 5.28. The van der Waals surface area contributed by atoms with E-state index in [2.05, 4.69) is 43.1 Å². The number of piperidine rings is 1. The van der Waals surface area contributed by atoms with Gasteiger partial charge in [0, 0.05) is 25.7 Å². The zero-order chi connectivity index (χ0) is 15.2. The zero-order valence-corrected chi connectivity index (χ0v) is 14.4. The van der Waals surface area contributed by atoms with E-state index in [1.165, 1.54) is 36.9 Å². The number of hydrogen-bond acceptors (Lipinski definition) is 2. The molecular formula is C18H29ClN2. The monoisotopic (exact) mass is 308 g/mol. The number of rotatable bonds is 6. The van der Waals surface area contributed by atoms with Crippen molar-refractivity contribution in [3.05, 3.63) is 28.8 Å². The summed E-state index contributed by atoms with van der Waals surface area (Å²) in [5, 5.41) is 4.41. The smallest absolute Gasteiger partial charge is 0.0642 e. The Bertz CT molecular complexity index is 437. The lowest BCUT2D eigenvalue weighted by atomic mass is 9.92.